The van der Waals surface area contributed by atoms with E-state index in [0.29, 0.717) is 31.7 Å². The van der Waals surface area contributed by atoms with E-state index in [0.717, 1.165) is 0 Å². The van der Waals surface area contributed by atoms with Gasteiger partial charge in [-0.25, -0.2) is 4.98 Å². The van der Waals surface area contributed by atoms with Crippen LogP contribution in [0.15, 0.2) is 42.6 Å². The normalized spacial score (nSPS) is 16.0. The van der Waals surface area contributed by atoms with Crippen molar-refractivity contribution < 1.29 is 32.6 Å². The number of alkyl halides is 2. The Morgan fingerprint density at radius 3 is 2.81 bits per heavy atom. The zero-order valence-electron chi connectivity index (χ0n) is 17.6. The summed E-state index contributed by atoms with van der Waals surface area (Å²) in [5.41, 5.74) is 0.461. The van der Waals surface area contributed by atoms with Gasteiger partial charge in [-0.05, 0) is 37.1 Å². The molecule has 1 fully saturated rings. The van der Waals surface area contributed by atoms with Crippen molar-refractivity contribution in [3.8, 4) is 11.6 Å². The van der Waals surface area contributed by atoms with E-state index >= 15 is 0 Å². The lowest BCUT2D eigenvalue weighted by Crippen LogP contribution is -2.44. The number of benzene rings is 1. The highest BCUT2D eigenvalue weighted by Crippen LogP contribution is 2.27. The Balaban J connectivity index is 1.67. The molecule has 1 aliphatic rings. The van der Waals surface area contributed by atoms with Crippen molar-refractivity contribution in [2.75, 3.05) is 38.7 Å². The topological polar surface area (TPSA) is 90.0 Å². The number of nitrogens with zero attached hydrogens (tertiary/aromatic N) is 2. The summed E-state index contributed by atoms with van der Waals surface area (Å²) >= 11 is 0. The fraction of sp³-hybridized carbons (Fsp3) is 0.409. The van der Waals surface area contributed by atoms with Gasteiger partial charge in [0.05, 0.1) is 18.1 Å². The first-order chi connectivity index (χ1) is 15.5. The summed E-state index contributed by atoms with van der Waals surface area (Å²) in [6.45, 7) is -1.80. The van der Waals surface area contributed by atoms with E-state index in [-0.39, 0.29) is 36.3 Å². The molecule has 0 spiro atoms. The van der Waals surface area contributed by atoms with Crippen molar-refractivity contribution in [2.45, 2.75) is 19.5 Å². The van der Waals surface area contributed by atoms with Crippen molar-refractivity contribution in [3.63, 3.8) is 0 Å². The maximum Gasteiger partial charge on any atom is 0.387 e. The number of hydrogen-bond acceptors (Lipinski definition) is 6. The predicted molar refractivity (Wildman–Crippen MR) is 112 cm³/mol. The number of nitrogens with one attached hydrogen (secondary N) is 1. The molecule has 2 heterocycles. The van der Waals surface area contributed by atoms with Crippen LogP contribution in [0.4, 0.5) is 14.5 Å². The van der Waals surface area contributed by atoms with Crippen LogP contribution in [-0.4, -0.2) is 61.7 Å². The van der Waals surface area contributed by atoms with Gasteiger partial charge >= 0.3 is 6.61 Å². The van der Waals surface area contributed by atoms with E-state index in [4.69, 9.17) is 9.47 Å². The molecule has 172 valence electrons. The van der Waals surface area contributed by atoms with Crippen LogP contribution < -0.4 is 14.8 Å². The minimum absolute atomic E-state index is 0.0370. The van der Waals surface area contributed by atoms with E-state index in [1.165, 1.54) is 23.1 Å². The zero-order chi connectivity index (χ0) is 22.9. The molecule has 1 unspecified atom stereocenters. The fourth-order valence-corrected chi connectivity index (χ4v) is 3.45. The highest BCUT2D eigenvalue weighted by atomic mass is 19.3. The third-order valence-corrected chi connectivity index (χ3v) is 4.97. The Labute approximate surface area is 184 Å². The molecule has 1 N–H and O–H groups in total. The number of carbonyl (C=O) groups is 2. The number of carbonyl (C=O) groups excluding carboxylic acids is 2. The molecule has 32 heavy (non-hydrogen) atoms. The Bertz CT molecular complexity index is 928. The number of para-hydroxylation sites is 1. The van der Waals surface area contributed by atoms with Gasteiger partial charge in [0.1, 0.15) is 18.0 Å². The van der Waals surface area contributed by atoms with E-state index in [1.54, 1.807) is 31.5 Å². The lowest BCUT2D eigenvalue weighted by Gasteiger charge is -2.32. The average molecular weight is 449 g/mol. The number of piperidine rings is 1. The van der Waals surface area contributed by atoms with Crippen LogP contribution in [0.3, 0.4) is 0 Å². The van der Waals surface area contributed by atoms with Crippen molar-refractivity contribution in [1.82, 2.24) is 9.88 Å². The van der Waals surface area contributed by atoms with Crippen molar-refractivity contribution in [1.29, 1.82) is 0 Å². The fourth-order valence-electron chi connectivity index (χ4n) is 3.45. The summed E-state index contributed by atoms with van der Waals surface area (Å²) in [5, 5.41) is 2.81. The number of hydrogen-bond donors (Lipinski definition) is 1. The quantitative estimate of drug-likeness (QED) is 0.592. The van der Waals surface area contributed by atoms with Crippen molar-refractivity contribution in [2.24, 2.45) is 5.92 Å². The highest BCUT2D eigenvalue weighted by molar-refractivity contribution is 5.98. The molecule has 8 nitrogen and oxygen atoms in total. The summed E-state index contributed by atoms with van der Waals surface area (Å²) in [5.74, 6) is -1.11. The van der Waals surface area contributed by atoms with Gasteiger partial charge in [0.2, 0.25) is 11.8 Å². The maximum absolute atomic E-state index is 13.0. The van der Waals surface area contributed by atoms with Gasteiger partial charge < -0.3 is 24.4 Å². The number of likely N-dealkylation sites (tertiary alicyclic amines) is 1. The Morgan fingerprint density at radius 1 is 1.22 bits per heavy atom. The molecule has 10 heteroatoms. The molecule has 3 rings (SSSR count). The molecule has 1 aliphatic heterocycles. The minimum atomic E-state index is -3.04. The predicted octanol–water partition coefficient (Wildman–Crippen LogP) is 3.20. The Morgan fingerprint density at radius 2 is 2.03 bits per heavy atom. The van der Waals surface area contributed by atoms with E-state index in [2.05, 4.69) is 15.0 Å². The van der Waals surface area contributed by atoms with Crippen molar-refractivity contribution in [3.05, 3.63) is 48.2 Å². The standard InChI is InChI=1S/C22H25F2N3O5/c1-30-12-13-31-20-17(8-4-10-25-20)26-19(28)15-6-5-11-27(14-15)21(29)16-7-2-3-9-18(16)32-22(23)24/h2-4,7-10,15,22H,5-6,11-14H2,1H3,(H,26,28). The SMILES string of the molecule is COCCOc1ncccc1NC(=O)C1CCCN(C(=O)c2ccccc2OC(F)F)C1. The lowest BCUT2D eigenvalue weighted by atomic mass is 9.96. The second kappa shape index (κ2) is 11.4. The van der Waals surface area contributed by atoms with E-state index in [1.807, 2.05) is 0 Å². The molecule has 2 aromatic rings. The minimum Gasteiger partial charge on any atom is -0.474 e. The molecule has 0 aliphatic carbocycles. The molecule has 1 aromatic carbocycles. The summed E-state index contributed by atoms with van der Waals surface area (Å²) in [4.78, 5) is 31.5. The number of halogens is 2. The molecule has 1 atom stereocenters. The first kappa shape index (κ1) is 23.4. The first-order valence-electron chi connectivity index (χ1n) is 10.2. The maximum atomic E-state index is 13.0. The second-order valence-electron chi connectivity index (χ2n) is 7.15. The van der Waals surface area contributed by atoms with Gasteiger partial charge in [-0.15, -0.1) is 0 Å². The summed E-state index contributed by atoms with van der Waals surface area (Å²) in [6.07, 6.45) is 2.74. The van der Waals surface area contributed by atoms with E-state index < -0.39 is 18.4 Å². The monoisotopic (exact) mass is 449 g/mol. The first-order valence-corrected chi connectivity index (χ1v) is 10.2. The zero-order valence-corrected chi connectivity index (χ0v) is 17.6. The van der Waals surface area contributed by atoms with Gasteiger partial charge in [0, 0.05) is 26.4 Å². The molecule has 0 bridgehead atoms. The van der Waals surface area contributed by atoms with Gasteiger partial charge in [0.15, 0.2) is 0 Å². The van der Waals surface area contributed by atoms with E-state index in [9.17, 15) is 18.4 Å². The Hall–Kier alpha value is -3.27. The van der Waals surface area contributed by atoms with Crippen LogP contribution in [-0.2, 0) is 9.53 Å². The number of aromatic nitrogens is 1. The largest absolute Gasteiger partial charge is 0.474 e. The average Bonchev–Trinajstić information content (AvgIpc) is 2.80. The number of amides is 2. The number of pyridine rings is 1. The summed E-state index contributed by atoms with van der Waals surface area (Å²) < 4.78 is 40.3. The van der Waals surface area contributed by atoms with Gasteiger partial charge in [-0.3, -0.25) is 9.59 Å². The summed E-state index contributed by atoms with van der Waals surface area (Å²) in [6, 6.07) is 9.20. The number of anilines is 1. The number of methoxy groups -OCH3 is 1. The molecular formula is C22H25F2N3O5. The van der Waals surface area contributed by atoms with Crippen molar-refractivity contribution >= 4 is 17.5 Å². The molecule has 0 saturated carbocycles. The van der Waals surface area contributed by atoms with Gasteiger partial charge in [-0.1, -0.05) is 12.1 Å². The lowest BCUT2D eigenvalue weighted by molar-refractivity contribution is -0.121. The second-order valence-corrected chi connectivity index (χ2v) is 7.15. The molecule has 1 aromatic heterocycles. The third kappa shape index (κ3) is 6.13. The number of ether oxygens (including phenoxy) is 3. The highest BCUT2D eigenvalue weighted by Gasteiger charge is 2.30. The number of rotatable bonds is 9. The van der Waals surface area contributed by atoms with Crippen LogP contribution in [0.1, 0.15) is 23.2 Å². The van der Waals surface area contributed by atoms with Crippen LogP contribution >= 0.6 is 0 Å². The van der Waals surface area contributed by atoms with Crippen LogP contribution in [0.2, 0.25) is 0 Å². The molecule has 1 saturated heterocycles. The molecule has 2 amide bonds. The van der Waals surface area contributed by atoms with Crippen LogP contribution in [0.25, 0.3) is 0 Å². The molecular weight excluding hydrogens is 424 g/mol. The third-order valence-electron chi connectivity index (χ3n) is 4.97. The van der Waals surface area contributed by atoms with Crippen LogP contribution in [0, 0.1) is 5.92 Å². The summed E-state index contributed by atoms with van der Waals surface area (Å²) in [7, 11) is 1.55. The van der Waals surface area contributed by atoms with Gasteiger partial charge in [-0.2, -0.15) is 8.78 Å². The van der Waals surface area contributed by atoms with Gasteiger partial charge in [0.25, 0.3) is 5.91 Å². The Kier molecular flexibility index (Phi) is 8.32. The van der Waals surface area contributed by atoms with Crippen LogP contribution in [0.5, 0.6) is 11.6 Å². The molecule has 0 radical (unpaired) electrons. The smallest absolute Gasteiger partial charge is 0.387 e.